The van der Waals surface area contributed by atoms with Crippen molar-refractivity contribution in [2.45, 2.75) is 32.4 Å². The third-order valence-corrected chi connectivity index (χ3v) is 2.20. The van der Waals surface area contributed by atoms with Gasteiger partial charge in [-0.2, -0.15) is 0 Å². The van der Waals surface area contributed by atoms with E-state index in [-0.39, 0.29) is 6.42 Å². The first-order valence-corrected chi connectivity index (χ1v) is 4.81. The summed E-state index contributed by atoms with van der Waals surface area (Å²) in [6, 6.07) is -1.13. The predicted molar refractivity (Wildman–Crippen MR) is 55.8 cm³/mol. The molecule has 3 atom stereocenters. The molecule has 92 valence electrons. The number of carbonyl (C=O) groups excluding carboxylic acids is 3. The molecule has 0 aromatic rings. The van der Waals surface area contributed by atoms with Crippen LogP contribution in [0.15, 0.2) is 0 Å². The van der Waals surface area contributed by atoms with Crippen LogP contribution in [0.2, 0.25) is 0 Å². The van der Waals surface area contributed by atoms with Gasteiger partial charge in [-0.15, -0.1) is 0 Å². The van der Waals surface area contributed by atoms with Crippen LogP contribution in [0.4, 0.5) is 0 Å². The van der Waals surface area contributed by atoms with E-state index in [0.29, 0.717) is 0 Å². The number of nitrogens with one attached hydrogen (secondary N) is 1. The molecule has 6 N–H and O–H groups in total. The van der Waals surface area contributed by atoms with Crippen molar-refractivity contribution in [3.63, 3.8) is 0 Å². The predicted octanol–water partition coefficient (Wildman–Crippen LogP) is -2.15. The first-order valence-electron chi connectivity index (χ1n) is 4.81. The van der Waals surface area contributed by atoms with Gasteiger partial charge in [-0.25, -0.2) is 0 Å². The van der Waals surface area contributed by atoms with Crippen molar-refractivity contribution >= 4 is 17.7 Å². The molecule has 16 heavy (non-hydrogen) atoms. The summed E-state index contributed by atoms with van der Waals surface area (Å²) in [5, 5.41) is 11.4. The average molecular weight is 231 g/mol. The van der Waals surface area contributed by atoms with Crippen molar-refractivity contribution < 1.29 is 19.5 Å². The summed E-state index contributed by atoms with van der Waals surface area (Å²) < 4.78 is 0. The van der Waals surface area contributed by atoms with Gasteiger partial charge >= 0.3 is 0 Å². The standard InChI is InChI=1S/C9H17N3O4/c1-4(5(2)13)9(16)12-6(8(11)15)3-7(10)14/h4-6,13H,3H2,1-2H3,(H2,10,14)(H2,11,15)(H,12,16)/t4-,5+,6-/m0/s1. The van der Waals surface area contributed by atoms with E-state index in [1.165, 1.54) is 13.8 Å². The Morgan fingerprint density at radius 1 is 1.25 bits per heavy atom. The smallest absolute Gasteiger partial charge is 0.240 e. The Bertz CT molecular complexity index is 290. The van der Waals surface area contributed by atoms with E-state index in [4.69, 9.17) is 16.6 Å². The zero-order valence-electron chi connectivity index (χ0n) is 9.27. The fourth-order valence-electron chi connectivity index (χ4n) is 0.946. The van der Waals surface area contributed by atoms with Gasteiger partial charge in [0.25, 0.3) is 0 Å². The second-order valence-corrected chi connectivity index (χ2v) is 3.66. The molecule has 0 rings (SSSR count). The minimum absolute atomic E-state index is 0.354. The van der Waals surface area contributed by atoms with Crippen LogP contribution in [0, 0.1) is 5.92 Å². The molecule has 3 amide bonds. The summed E-state index contributed by atoms with van der Waals surface area (Å²) in [5.41, 5.74) is 9.88. The molecule has 0 unspecified atom stereocenters. The Hall–Kier alpha value is -1.63. The van der Waals surface area contributed by atoms with E-state index in [0.717, 1.165) is 0 Å². The molecule has 0 spiro atoms. The van der Waals surface area contributed by atoms with Gasteiger partial charge in [0.2, 0.25) is 17.7 Å². The highest BCUT2D eigenvalue weighted by molar-refractivity contribution is 5.91. The van der Waals surface area contributed by atoms with Crippen molar-refractivity contribution in [1.29, 1.82) is 0 Å². The minimum atomic E-state index is -1.13. The minimum Gasteiger partial charge on any atom is -0.393 e. The largest absolute Gasteiger partial charge is 0.393 e. The van der Waals surface area contributed by atoms with Crippen LogP contribution < -0.4 is 16.8 Å². The SMILES string of the molecule is C[C@H](C(=O)N[C@@H](CC(N)=O)C(N)=O)[C@@H](C)O. The van der Waals surface area contributed by atoms with Gasteiger partial charge in [-0.3, -0.25) is 14.4 Å². The molecule has 0 heterocycles. The number of hydrogen-bond donors (Lipinski definition) is 4. The van der Waals surface area contributed by atoms with Crippen molar-refractivity contribution in [1.82, 2.24) is 5.32 Å². The lowest BCUT2D eigenvalue weighted by atomic mass is 10.0. The van der Waals surface area contributed by atoms with Gasteiger partial charge in [-0.1, -0.05) is 6.92 Å². The lowest BCUT2D eigenvalue weighted by Gasteiger charge is -2.18. The number of rotatable bonds is 6. The quantitative estimate of drug-likeness (QED) is 0.414. The van der Waals surface area contributed by atoms with E-state index in [9.17, 15) is 14.4 Å². The van der Waals surface area contributed by atoms with Crippen molar-refractivity contribution in [2.24, 2.45) is 17.4 Å². The van der Waals surface area contributed by atoms with Crippen molar-refractivity contribution in [3.8, 4) is 0 Å². The number of primary amides is 2. The number of nitrogens with two attached hydrogens (primary N) is 2. The van der Waals surface area contributed by atoms with Crippen LogP contribution in [-0.2, 0) is 14.4 Å². The van der Waals surface area contributed by atoms with Crippen LogP contribution in [0.25, 0.3) is 0 Å². The maximum absolute atomic E-state index is 11.4. The van der Waals surface area contributed by atoms with E-state index in [1.54, 1.807) is 0 Å². The molecule has 0 fully saturated rings. The van der Waals surface area contributed by atoms with Gasteiger partial charge in [0, 0.05) is 0 Å². The molecule has 0 bridgehead atoms. The first-order chi connectivity index (χ1) is 7.25. The molecule has 0 aromatic carbocycles. The molecule has 0 aliphatic rings. The lowest BCUT2D eigenvalue weighted by Crippen LogP contribution is -2.49. The van der Waals surface area contributed by atoms with Crippen LogP contribution in [0.1, 0.15) is 20.3 Å². The number of amides is 3. The van der Waals surface area contributed by atoms with Crippen LogP contribution in [0.3, 0.4) is 0 Å². The van der Waals surface area contributed by atoms with Gasteiger partial charge in [0.15, 0.2) is 0 Å². The van der Waals surface area contributed by atoms with Gasteiger partial charge in [0.1, 0.15) is 6.04 Å². The molecule has 7 heteroatoms. The summed E-state index contributed by atoms with van der Waals surface area (Å²) in [6.45, 7) is 2.93. The first kappa shape index (κ1) is 14.4. The maximum atomic E-state index is 11.4. The van der Waals surface area contributed by atoms with E-state index < -0.39 is 35.8 Å². The Morgan fingerprint density at radius 3 is 2.06 bits per heavy atom. The van der Waals surface area contributed by atoms with E-state index >= 15 is 0 Å². The second-order valence-electron chi connectivity index (χ2n) is 3.66. The van der Waals surface area contributed by atoms with Crippen LogP contribution >= 0.6 is 0 Å². The summed E-state index contributed by atoms with van der Waals surface area (Å²) >= 11 is 0. The normalized spacial score (nSPS) is 15.9. The monoisotopic (exact) mass is 231 g/mol. The Balaban J connectivity index is 4.46. The molecule has 0 aromatic heterocycles. The highest BCUT2D eigenvalue weighted by Gasteiger charge is 2.25. The fraction of sp³-hybridized carbons (Fsp3) is 0.667. The molecule has 7 nitrogen and oxygen atoms in total. The highest BCUT2D eigenvalue weighted by atomic mass is 16.3. The number of carbonyl (C=O) groups is 3. The topological polar surface area (TPSA) is 136 Å². The van der Waals surface area contributed by atoms with Gasteiger partial charge in [0.05, 0.1) is 18.4 Å². The Kier molecular flexibility index (Phi) is 5.44. The molecular formula is C9H17N3O4. The molecule has 0 saturated carbocycles. The van der Waals surface area contributed by atoms with Crippen molar-refractivity contribution in [2.75, 3.05) is 0 Å². The highest BCUT2D eigenvalue weighted by Crippen LogP contribution is 2.03. The third-order valence-electron chi connectivity index (χ3n) is 2.20. The third kappa shape index (κ3) is 4.74. The molecular weight excluding hydrogens is 214 g/mol. The Morgan fingerprint density at radius 2 is 1.75 bits per heavy atom. The fourth-order valence-corrected chi connectivity index (χ4v) is 0.946. The Labute approximate surface area is 93.2 Å². The zero-order valence-corrected chi connectivity index (χ0v) is 9.27. The second kappa shape index (κ2) is 6.06. The molecule has 0 aliphatic carbocycles. The number of aliphatic hydroxyl groups is 1. The van der Waals surface area contributed by atoms with E-state index in [2.05, 4.69) is 5.32 Å². The summed E-state index contributed by atoms with van der Waals surface area (Å²) in [6.07, 6.45) is -1.21. The lowest BCUT2D eigenvalue weighted by molar-refractivity contribution is -0.132. The zero-order chi connectivity index (χ0) is 12.9. The summed E-state index contributed by atoms with van der Waals surface area (Å²) in [5.74, 6) is -2.84. The average Bonchev–Trinajstić information content (AvgIpc) is 2.14. The van der Waals surface area contributed by atoms with Crippen LogP contribution in [-0.4, -0.2) is 35.0 Å². The maximum Gasteiger partial charge on any atom is 0.240 e. The number of aliphatic hydroxyl groups excluding tert-OH is 1. The van der Waals surface area contributed by atoms with Gasteiger partial charge < -0.3 is 21.9 Å². The van der Waals surface area contributed by atoms with E-state index in [1.807, 2.05) is 0 Å². The molecule has 0 aliphatic heterocycles. The van der Waals surface area contributed by atoms with Crippen LogP contribution in [0.5, 0.6) is 0 Å². The summed E-state index contributed by atoms with van der Waals surface area (Å²) in [4.78, 5) is 33.0. The molecule has 0 radical (unpaired) electrons. The van der Waals surface area contributed by atoms with Crippen molar-refractivity contribution in [3.05, 3.63) is 0 Å². The number of hydrogen-bond acceptors (Lipinski definition) is 4. The summed E-state index contributed by atoms with van der Waals surface area (Å²) in [7, 11) is 0. The molecule has 0 saturated heterocycles. The van der Waals surface area contributed by atoms with Gasteiger partial charge in [-0.05, 0) is 6.92 Å².